The number of para-hydroxylation sites is 1. The first-order chi connectivity index (χ1) is 10.7. The first-order valence-electron chi connectivity index (χ1n) is 7.05. The highest BCUT2D eigenvalue weighted by Crippen LogP contribution is 2.33. The quantitative estimate of drug-likeness (QED) is 0.550. The van der Waals surface area contributed by atoms with Crippen molar-refractivity contribution in [1.29, 1.82) is 0 Å². The Labute approximate surface area is 127 Å². The van der Waals surface area contributed by atoms with E-state index in [1.165, 1.54) is 0 Å². The van der Waals surface area contributed by atoms with Gasteiger partial charge in [-0.2, -0.15) is 0 Å². The molecule has 4 rings (SSSR count). The summed E-state index contributed by atoms with van der Waals surface area (Å²) in [6, 6.07) is 16.0. The molecular weight excluding hydrogens is 276 g/mol. The van der Waals surface area contributed by atoms with Gasteiger partial charge in [0.1, 0.15) is 16.9 Å². The average molecular weight is 290 g/mol. The molecule has 0 bridgehead atoms. The van der Waals surface area contributed by atoms with Crippen molar-refractivity contribution in [3.05, 3.63) is 54.1 Å². The van der Waals surface area contributed by atoms with Gasteiger partial charge in [0.15, 0.2) is 0 Å². The molecule has 0 aliphatic heterocycles. The number of methoxy groups -OCH3 is 1. The Bertz CT molecular complexity index is 956. The third kappa shape index (κ3) is 2.00. The second-order valence-corrected chi connectivity index (χ2v) is 5.29. The number of hydrogen-bond acceptors (Lipinski definition) is 4. The maximum atomic E-state index is 5.97. The number of benzene rings is 2. The molecule has 22 heavy (non-hydrogen) atoms. The lowest BCUT2D eigenvalue weighted by Crippen LogP contribution is -1.93. The van der Waals surface area contributed by atoms with Crippen LogP contribution in [0.4, 0.5) is 0 Å². The van der Waals surface area contributed by atoms with Crippen LogP contribution < -0.4 is 4.74 Å². The van der Waals surface area contributed by atoms with Crippen LogP contribution in [0.15, 0.2) is 52.9 Å². The van der Waals surface area contributed by atoms with Crippen LogP contribution >= 0.6 is 0 Å². The van der Waals surface area contributed by atoms with Crippen LogP contribution in [0.25, 0.3) is 33.2 Å². The van der Waals surface area contributed by atoms with E-state index in [9.17, 15) is 0 Å². The summed E-state index contributed by atoms with van der Waals surface area (Å²) < 4.78 is 11.1. The number of aryl methyl sites for hydroxylation is 1. The molecule has 0 aliphatic rings. The Morgan fingerprint density at radius 2 is 1.82 bits per heavy atom. The number of ether oxygens (including phenoxy) is 1. The molecule has 0 saturated heterocycles. The fraction of sp³-hybridized carbons (Fsp3) is 0.111. The largest absolute Gasteiger partial charge is 0.480 e. The average Bonchev–Trinajstić information content (AvgIpc) is 2.97. The molecule has 4 aromatic rings. The topological polar surface area (TPSA) is 48.2 Å². The number of nitrogens with zero attached hydrogens (tertiary/aromatic N) is 2. The summed E-state index contributed by atoms with van der Waals surface area (Å²) in [7, 11) is 1.59. The van der Waals surface area contributed by atoms with E-state index >= 15 is 0 Å². The van der Waals surface area contributed by atoms with Gasteiger partial charge < -0.3 is 9.15 Å². The second kappa shape index (κ2) is 4.84. The molecule has 0 N–H and O–H groups in total. The van der Waals surface area contributed by atoms with Gasteiger partial charge >= 0.3 is 0 Å². The molecule has 0 radical (unpaired) electrons. The Hall–Kier alpha value is -2.88. The molecule has 0 unspecified atom stereocenters. The molecule has 0 saturated carbocycles. The monoisotopic (exact) mass is 290 g/mol. The molecule has 0 amide bonds. The molecule has 4 nitrogen and oxygen atoms in total. The number of rotatable bonds is 2. The number of fused-ring (bicyclic) bond motifs is 2. The molecule has 2 aromatic heterocycles. The Morgan fingerprint density at radius 1 is 0.955 bits per heavy atom. The summed E-state index contributed by atoms with van der Waals surface area (Å²) in [6.07, 6.45) is 0. The lowest BCUT2D eigenvalue weighted by molar-refractivity contribution is 0.393. The van der Waals surface area contributed by atoms with Gasteiger partial charge in [0.05, 0.1) is 7.11 Å². The molecular formula is C18H14N2O2. The zero-order valence-electron chi connectivity index (χ0n) is 12.3. The summed E-state index contributed by atoms with van der Waals surface area (Å²) in [5.41, 5.74) is 3.76. The van der Waals surface area contributed by atoms with Crippen molar-refractivity contribution in [1.82, 2.24) is 10.2 Å². The van der Waals surface area contributed by atoms with Gasteiger partial charge in [0, 0.05) is 22.4 Å². The van der Waals surface area contributed by atoms with Crippen LogP contribution in [0.2, 0.25) is 0 Å². The Kier molecular flexibility index (Phi) is 2.82. The number of aromatic nitrogens is 2. The van der Waals surface area contributed by atoms with E-state index in [0.29, 0.717) is 5.88 Å². The molecule has 0 aliphatic carbocycles. The smallest absolute Gasteiger partial charge is 0.233 e. The standard InChI is InChI=1S/C18H14N2O2/c1-11-7-13-10-17(21-2)19-20-18(13)14(8-11)16-9-12-5-3-4-6-15(12)22-16/h3-10H,1-2H3. The van der Waals surface area contributed by atoms with E-state index in [1.54, 1.807) is 7.11 Å². The number of hydrogen-bond donors (Lipinski definition) is 0. The van der Waals surface area contributed by atoms with Gasteiger partial charge in [-0.1, -0.05) is 18.2 Å². The molecule has 0 atom stereocenters. The van der Waals surface area contributed by atoms with Crippen LogP contribution in [-0.4, -0.2) is 17.3 Å². The van der Waals surface area contributed by atoms with E-state index in [2.05, 4.69) is 29.3 Å². The normalized spacial score (nSPS) is 11.2. The van der Waals surface area contributed by atoms with Crippen molar-refractivity contribution in [3.63, 3.8) is 0 Å². The van der Waals surface area contributed by atoms with Gasteiger partial charge in [0.25, 0.3) is 0 Å². The van der Waals surface area contributed by atoms with Crippen LogP contribution in [0.3, 0.4) is 0 Å². The fourth-order valence-electron chi connectivity index (χ4n) is 2.69. The van der Waals surface area contributed by atoms with Crippen molar-refractivity contribution in [2.24, 2.45) is 0 Å². The van der Waals surface area contributed by atoms with Crippen molar-refractivity contribution >= 4 is 21.9 Å². The van der Waals surface area contributed by atoms with E-state index in [4.69, 9.17) is 9.15 Å². The van der Waals surface area contributed by atoms with E-state index in [1.807, 2.05) is 36.4 Å². The predicted molar refractivity (Wildman–Crippen MR) is 86.0 cm³/mol. The Balaban J connectivity index is 2.00. The summed E-state index contributed by atoms with van der Waals surface area (Å²) >= 11 is 0. The highest BCUT2D eigenvalue weighted by atomic mass is 16.5. The van der Waals surface area contributed by atoms with Crippen LogP contribution in [0.5, 0.6) is 5.88 Å². The van der Waals surface area contributed by atoms with Crippen LogP contribution in [-0.2, 0) is 0 Å². The minimum absolute atomic E-state index is 0.508. The third-order valence-corrected chi connectivity index (χ3v) is 3.71. The summed E-state index contributed by atoms with van der Waals surface area (Å²) in [6.45, 7) is 2.05. The highest BCUT2D eigenvalue weighted by molar-refractivity contribution is 5.95. The van der Waals surface area contributed by atoms with Crippen LogP contribution in [0.1, 0.15) is 5.56 Å². The first kappa shape index (κ1) is 12.8. The molecule has 2 heterocycles. The lowest BCUT2D eigenvalue weighted by atomic mass is 10.0. The maximum Gasteiger partial charge on any atom is 0.233 e. The summed E-state index contributed by atoms with van der Waals surface area (Å²) in [4.78, 5) is 0. The van der Waals surface area contributed by atoms with Crippen molar-refractivity contribution in [3.8, 4) is 17.2 Å². The minimum atomic E-state index is 0.508. The highest BCUT2D eigenvalue weighted by Gasteiger charge is 2.12. The van der Waals surface area contributed by atoms with Gasteiger partial charge in [0.2, 0.25) is 5.88 Å². The van der Waals surface area contributed by atoms with Crippen LogP contribution in [0, 0.1) is 6.92 Å². The Morgan fingerprint density at radius 3 is 2.64 bits per heavy atom. The molecule has 2 aromatic carbocycles. The first-order valence-corrected chi connectivity index (χ1v) is 7.05. The zero-order chi connectivity index (χ0) is 15.1. The van der Waals surface area contributed by atoms with Gasteiger partial charge in [-0.25, -0.2) is 0 Å². The van der Waals surface area contributed by atoms with Gasteiger partial charge in [-0.15, -0.1) is 10.2 Å². The summed E-state index contributed by atoms with van der Waals surface area (Å²) in [5.74, 6) is 1.31. The number of furan rings is 1. The van der Waals surface area contributed by atoms with Crippen molar-refractivity contribution < 1.29 is 9.15 Å². The fourth-order valence-corrected chi connectivity index (χ4v) is 2.69. The molecule has 0 spiro atoms. The lowest BCUT2D eigenvalue weighted by Gasteiger charge is -2.06. The van der Waals surface area contributed by atoms with Crippen molar-refractivity contribution in [2.75, 3.05) is 7.11 Å². The minimum Gasteiger partial charge on any atom is -0.480 e. The molecule has 108 valence electrons. The third-order valence-electron chi connectivity index (χ3n) is 3.71. The summed E-state index contributed by atoms with van der Waals surface area (Å²) in [5, 5.41) is 10.5. The van der Waals surface area contributed by atoms with Crippen molar-refractivity contribution in [2.45, 2.75) is 6.92 Å². The van der Waals surface area contributed by atoms with E-state index in [0.717, 1.165) is 38.8 Å². The van der Waals surface area contributed by atoms with E-state index in [-0.39, 0.29) is 0 Å². The maximum absolute atomic E-state index is 5.97. The second-order valence-electron chi connectivity index (χ2n) is 5.29. The van der Waals surface area contributed by atoms with E-state index < -0.39 is 0 Å². The van der Waals surface area contributed by atoms with Gasteiger partial charge in [-0.05, 0) is 36.8 Å². The zero-order valence-corrected chi connectivity index (χ0v) is 12.3. The predicted octanol–water partition coefficient (Wildman–Crippen LogP) is 4.36. The SMILES string of the molecule is COc1cc2cc(C)cc(-c3cc4ccccc4o3)c2nn1. The van der Waals surface area contributed by atoms with Gasteiger partial charge in [-0.3, -0.25) is 0 Å². The molecule has 0 fully saturated rings. The molecule has 4 heteroatoms.